The number of hydrogen-bond acceptors (Lipinski definition) is 4. The van der Waals surface area contributed by atoms with Gasteiger partial charge in [-0.05, 0) is 37.3 Å². The van der Waals surface area contributed by atoms with Crippen molar-refractivity contribution in [3.8, 4) is 5.75 Å². The highest BCUT2D eigenvalue weighted by molar-refractivity contribution is 7.89. The lowest BCUT2D eigenvalue weighted by Crippen LogP contribution is -2.31. The van der Waals surface area contributed by atoms with Crippen LogP contribution < -0.4 is 10.1 Å². The quantitative estimate of drug-likeness (QED) is 0.768. The summed E-state index contributed by atoms with van der Waals surface area (Å²) in [5.41, 5.74) is 0.409. The molecule has 0 aliphatic carbocycles. The second-order valence-electron chi connectivity index (χ2n) is 5.68. The molecule has 0 heterocycles. The fourth-order valence-corrected chi connectivity index (χ4v) is 3.95. The van der Waals surface area contributed by atoms with Crippen LogP contribution >= 0.6 is 0 Å². The smallest absolute Gasteiger partial charge is 0.265 e. The molecule has 1 atom stereocenters. The fourth-order valence-electron chi connectivity index (χ4n) is 2.45. The van der Waals surface area contributed by atoms with Crippen LogP contribution in [0.1, 0.15) is 20.8 Å². The van der Waals surface area contributed by atoms with Crippen molar-refractivity contribution in [2.24, 2.45) is 0 Å². The molecule has 1 amide bonds. The van der Waals surface area contributed by atoms with E-state index in [4.69, 9.17) is 4.74 Å². The van der Waals surface area contributed by atoms with E-state index < -0.39 is 16.1 Å². The molecule has 1 N–H and O–H groups in total. The lowest BCUT2D eigenvalue weighted by atomic mass is 10.3. The van der Waals surface area contributed by atoms with Crippen molar-refractivity contribution < 1.29 is 17.9 Å². The Morgan fingerprint density at radius 2 is 1.73 bits per heavy atom. The van der Waals surface area contributed by atoms with E-state index in [2.05, 4.69) is 5.32 Å². The SMILES string of the molecule is CCN(CC)S(=O)(=O)c1cccc(NC(=O)[C@H](C)Oc2ccccc2)c1. The molecule has 7 heteroatoms. The summed E-state index contributed by atoms with van der Waals surface area (Å²) in [6, 6.07) is 15.3. The van der Waals surface area contributed by atoms with E-state index in [9.17, 15) is 13.2 Å². The summed E-state index contributed by atoms with van der Waals surface area (Å²) in [5, 5.41) is 2.70. The number of ether oxygens (including phenoxy) is 1. The van der Waals surface area contributed by atoms with Crippen LogP contribution in [0.5, 0.6) is 5.75 Å². The number of carbonyl (C=O) groups excluding carboxylic acids is 1. The normalized spacial score (nSPS) is 12.6. The first-order chi connectivity index (χ1) is 12.4. The van der Waals surface area contributed by atoms with Gasteiger partial charge < -0.3 is 10.1 Å². The molecule has 2 aromatic carbocycles. The number of rotatable bonds is 8. The van der Waals surface area contributed by atoms with Gasteiger partial charge in [-0.15, -0.1) is 0 Å². The Labute approximate surface area is 154 Å². The van der Waals surface area contributed by atoms with Gasteiger partial charge in [0.25, 0.3) is 5.91 Å². The molecule has 140 valence electrons. The Balaban J connectivity index is 2.11. The molecule has 0 radical (unpaired) electrons. The number of benzene rings is 2. The Bertz CT molecular complexity index is 834. The van der Waals surface area contributed by atoms with Crippen LogP contribution in [0.3, 0.4) is 0 Å². The first kappa shape index (κ1) is 19.9. The summed E-state index contributed by atoms with van der Waals surface area (Å²) in [6.07, 6.45) is -0.722. The zero-order valence-corrected chi connectivity index (χ0v) is 16.0. The highest BCUT2D eigenvalue weighted by atomic mass is 32.2. The molecule has 0 saturated carbocycles. The molecular weight excluding hydrogens is 352 g/mol. The van der Waals surface area contributed by atoms with Crippen molar-refractivity contribution >= 4 is 21.6 Å². The summed E-state index contributed by atoms with van der Waals surface area (Å²) in [5.74, 6) is 0.235. The van der Waals surface area contributed by atoms with Gasteiger partial charge in [0.05, 0.1) is 4.90 Å². The molecule has 0 spiro atoms. The van der Waals surface area contributed by atoms with Crippen LogP contribution in [-0.2, 0) is 14.8 Å². The van der Waals surface area contributed by atoms with E-state index in [0.29, 0.717) is 24.5 Å². The van der Waals surface area contributed by atoms with Crippen LogP contribution in [0.25, 0.3) is 0 Å². The molecule has 0 aromatic heterocycles. The van der Waals surface area contributed by atoms with Gasteiger partial charge in [0, 0.05) is 18.8 Å². The van der Waals surface area contributed by atoms with Crippen molar-refractivity contribution in [3.05, 3.63) is 54.6 Å². The monoisotopic (exact) mass is 376 g/mol. The number of nitrogens with zero attached hydrogens (tertiary/aromatic N) is 1. The minimum absolute atomic E-state index is 0.149. The zero-order valence-electron chi connectivity index (χ0n) is 15.2. The molecule has 26 heavy (non-hydrogen) atoms. The van der Waals surface area contributed by atoms with E-state index in [1.807, 2.05) is 18.2 Å². The van der Waals surface area contributed by atoms with Crippen LogP contribution in [0.15, 0.2) is 59.5 Å². The van der Waals surface area contributed by atoms with Crippen LogP contribution in [-0.4, -0.2) is 37.8 Å². The third kappa shape index (κ3) is 4.83. The van der Waals surface area contributed by atoms with Crippen LogP contribution in [0.4, 0.5) is 5.69 Å². The Kier molecular flexibility index (Phi) is 6.76. The first-order valence-electron chi connectivity index (χ1n) is 8.51. The average molecular weight is 376 g/mol. The predicted molar refractivity (Wildman–Crippen MR) is 102 cm³/mol. The van der Waals surface area contributed by atoms with Gasteiger partial charge in [-0.2, -0.15) is 4.31 Å². The minimum atomic E-state index is -3.58. The average Bonchev–Trinajstić information content (AvgIpc) is 2.63. The molecule has 0 aliphatic rings. The van der Waals surface area contributed by atoms with Crippen LogP contribution in [0, 0.1) is 0 Å². The maximum atomic E-state index is 12.6. The summed E-state index contributed by atoms with van der Waals surface area (Å²) >= 11 is 0. The second kappa shape index (κ2) is 8.82. The van der Waals surface area contributed by atoms with E-state index in [1.165, 1.54) is 16.4 Å². The molecule has 0 aliphatic heterocycles. The number of para-hydroxylation sites is 1. The summed E-state index contributed by atoms with van der Waals surface area (Å²) in [7, 11) is -3.58. The summed E-state index contributed by atoms with van der Waals surface area (Å²) in [4.78, 5) is 12.5. The van der Waals surface area contributed by atoms with Gasteiger partial charge in [0.1, 0.15) is 5.75 Å². The standard InChI is InChI=1S/C19H24N2O4S/c1-4-21(5-2)26(23,24)18-13-9-10-16(14-18)20-19(22)15(3)25-17-11-7-6-8-12-17/h6-15H,4-5H2,1-3H3,(H,20,22)/t15-/m0/s1. The molecular formula is C19H24N2O4S. The van der Waals surface area contributed by atoms with Crippen molar-refractivity contribution in [2.75, 3.05) is 18.4 Å². The van der Waals surface area contributed by atoms with Crippen molar-refractivity contribution in [2.45, 2.75) is 31.8 Å². The second-order valence-corrected chi connectivity index (χ2v) is 7.62. The molecule has 6 nitrogen and oxygen atoms in total. The Hall–Kier alpha value is -2.38. The fraction of sp³-hybridized carbons (Fsp3) is 0.316. The summed E-state index contributed by atoms with van der Waals surface area (Å²) in [6.45, 7) is 5.98. The number of amides is 1. The highest BCUT2D eigenvalue weighted by Gasteiger charge is 2.22. The number of sulfonamides is 1. The predicted octanol–water partition coefficient (Wildman–Crippen LogP) is 3.12. The first-order valence-corrected chi connectivity index (χ1v) is 9.95. The number of anilines is 1. The molecule has 2 aromatic rings. The Morgan fingerprint density at radius 1 is 1.08 bits per heavy atom. The topological polar surface area (TPSA) is 75.7 Å². The third-order valence-electron chi connectivity index (χ3n) is 3.87. The number of nitrogens with one attached hydrogen (secondary N) is 1. The third-order valence-corrected chi connectivity index (χ3v) is 5.92. The van der Waals surface area contributed by atoms with Crippen molar-refractivity contribution in [3.63, 3.8) is 0 Å². The summed E-state index contributed by atoms with van der Waals surface area (Å²) < 4.78 is 32.1. The van der Waals surface area contributed by atoms with Gasteiger partial charge in [0.2, 0.25) is 10.0 Å². The van der Waals surface area contributed by atoms with Crippen molar-refractivity contribution in [1.82, 2.24) is 4.31 Å². The maximum absolute atomic E-state index is 12.6. The lowest BCUT2D eigenvalue weighted by molar-refractivity contribution is -0.122. The highest BCUT2D eigenvalue weighted by Crippen LogP contribution is 2.20. The Morgan fingerprint density at radius 3 is 2.35 bits per heavy atom. The molecule has 0 bridgehead atoms. The number of hydrogen-bond donors (Lipinski definition) is 1. The van der Waals surface area contributed by atoms with E-state index >= 15 is 0 Å². The number of carbonyl (C=O) groups is 1. The zero-order chi connectivity index (χ0) is 19.2. The van der Waals surface area contributed by atoms with Crippen LogP contribution in [0.2, 0.25) is 0 Å². The van der Waals surface area contributed by atoms with Gasteiger partial charge >= 0.3 is 0 Å². The van der Waals surface area contributed by atoms with Gasteiger partial charge in [-0.3, -0.25) is 4.79 Å². The lowest BCUT2D eigenvalue weighted by Gasteiger charge is -2.19. The molecule has 2 rings (SSSR count). The molecule has 0 fully saturated rings. The molecule has 0 saturated heterocycles. The largest absolute Gasteiger partial charge is 0.481 e. The van der Waals surface area contributed by atoms with Crippen molar-refractivity contribution in [1.29, 1.82) is 0 Å². The molecule has 0 unspecified atom stereocenters. The van der Waals surface area contributed by atoms with Gasteiger partial charge in [0.15, 0.2) is 6.10 Å². The van der Waals surface area contributed by atoms with E-state index in [0.717, 1.165) is 0 Å². The van der Waals surface area contributed by atoms with E-state index in [-0.39, 0.29) is 10.8 Å². The van der Waals surface area contributed by atoms with Gasteiger partial charge in [-0.1, -0.05) is 38.1 Å². The minimum Gasteiger partial charge on any atom is -0.481 e. The van der Waals surface area contributed by atoms with Gasteiger partial charge in [-0.25, -0.2) is 8.42 Å². The maximum Gasteiger partial charge on any atom is 0.265 e. The van der Waals surface area contributed by atoms with E-state index in [1.54, 1.807) is 45.0 Å².